The minimum atomic E-state index is 0.278. The Bertz CT molecular complexity index is 348. The Labute approximate surface area is 108 Å². The van der Waals surface area contributed by atoms with Crippen LogP contribution in [-0.4, -0.2) is 11.0 Å². The average molecular weight is 250 g/mol. The molecule has 1 atom stereocenters. The van der Waals surface area contributed by atoms with Gasteiger partial charge >= 0.3 is 0 Å². The lowest BCUT2D eigenvalue weighted by atomic mass is 10.1. The molecule has 1 fully saturated rings. The first-order valence-corrected chi connectivity index (χ1v) is 7.49. The van der Waals surface area contributed by atoms with Gasteiger partial charge in [0, 0.05) is 11.0 Å². The lowest BCUT2D eigenvalue weighted by Crippen LogP contribution is -2.30. The Balaban J connectivity index is 1.91. The molecule has 0 amide bonds. The highest BCUT2D eigenvalue weighted by atomic mass is 32.2. The average Bonchev–Trinajstić information content (AvgIpc) is 2.83. The number of rotatable bonds is 5. The van der Waals surface area contributed by atoms with Gasteiger partial charge in [0.25, 0.3) is 0 Å². The first kappa shape index (κ1) is 12.9. The fourth-order valence-electron chi connectivity index (χ4n) is 2.41. The van der Waals surface area contributed by atoms with Crippen molar-refractivity contribution in [2.45, 2.75) is 43.9 Å². The zero-order chi connectivity index (χ0) is 12.1. The van der Waals surface area contributed by atoms with Crippen LogP contribution in [-0.2, 0) is 0 Å². The second-order valence-electron chi connectivity index (χ2n) is 4.87. The Kier molecular flexibility index (Phi) is 4.89. The third-order valence-corrected chi connectivity index (χ3v) is 4.92. The second kappa shape index (κ2) is 6.43. The van der Waals surface area contributed by atoms with Crippen LogP contribution in [0, 0.1) is 6.92 Å². The molecule has 0 aliphatic heterocycles. The van der Waals surface area contributed by atoms with Gasteiger partial charge in [-0.25, -0.2) is 0 Å². The predicted molar refractivity (Wildman–Crippen MR) is 76.0 cm³/mol. The van der Waals surface area contributed by atoms with Crippen molar-refractivity contribution in [2.75, 3.05) is 5.75 Å². The zero-order valence-corrected chi connectivity index (χ0v) is 11.3. The summed E-state index contributed by atoms with van der Waals surface area (Å²) in [6, 6.07) is 8.89. The van der Waals surface area contributed by atoms with Crippen molar-refractivity contribution in [2.24, 2.45) is 5.84 Å². The maximum absolute atomic E-state index is 5.68. The number of hydrogen-bond acceptors (Lipinski definition) is 3. The molecule has 2 rings (SSSR count). The van der Waals surface area contributed by atoms with E-state index < -0.39 is 0 Å². The number of hydrogen-bond donors (Lipinski definition) is 2. The minimum absolute atomic E-state index is 0.278. The van der Waals surface area contributed by atoms with E-state index in [1.165, 1.54) is 36.8 Å². The molecule has 0 heterocycles. The summed E-state index contributed by atoms with van der Waals surface area (Å²) in [4.78, 5) is 0. The van der Waals surface area contributed by atoms with Gasteiger partial charge in [0.15, 0.2) is 0 Å². The summed E-state index contributed by atoms with van der Waals surface area (Å²) < 4.78 is 0. The van der Waals surface area contributed by atoms with Gasteiger partial charge in [0.2, 0.25) is 0 Å². The number of benzene rings is 1. The molecule has 1 aliphatic rings. The Morgan fingerprint density at radius 2 is 2.18 bits per heavy atom. The van der Waals surface area contributed by atoms with Crippen LogP contribution in [0.1, 0.15) is 42.9 Å². The summed E-state index contributed by atoms with van der Waals surface area (Å²) in [5.74, 6) is 6.75. The Morgan fingerprint density at radius 1 is 1.41 bits per heavy atom. The summed E-state index contributed by atoms with van der Waals surface area (Å²) in [7, 11) is 0. The molecule has 3 heteroatoms. The van der Waals surface area contributed by atoms with Gasteiger partial charge in [-0.15, -0.1) is 0 Å². The second-order valence-corrected chi connectivity index (χ2v) is 6.21. The first-order valence-electron chi connectivity index (χ1n) is 6.44. The molecule has 1 aromatic rings. The highest BCUT2D eigenvalue weighted by molar-refractivity contribution is 7.99. The van der Waals surface area contributed by atoms with Gasteiger partial charge in [-0.3, -0.25) is 11.3 Å². The van der Waals surface area contributed by atoms with Crippen molar-refractivity contribution < 1.29 is 0 Å². The molecule has 0 radical (unpaired) electrons. The third kappa shape index (κ3) is 3.73. The van der Waals surface area contributed by atoms with Gasteiger partial charge in [0.05, 0.1) is 6.04 Å². The van der Waals surface area contributed by atoms with E-state index in [0.29, 0.717) is 0 Å². The number of aryl methyl sites for hydroxylation is 1. The smallest absolute Gasteiger partial charge is 0.0550 e. The van der Waals surface area contributed by atoms with Crippen molar-refractivity contribution in [3.8, 4) is 0 Å². The van der Waals surface area contributed by atoms with Crippen LogP contribution in [0.2, 0.25) is 0 Å². The summed E-state index contributed by atoms with van der Waals surface area (Å²) in [6.45, 7) is 2.13. The van der Waals surface area contributed by atoms with Crippen LogP contribution in [0.25, 0.3) is 0 Å². The largest absolute Gasteiger partial charge is 0.271 e. The zero-order valence-electron chi connectivity index (χ0n) is 10.5. The number of hydrazine groups is 1. The monoisotopic (exact) mass is 250 g/mol. The van der Waals surface area contributed by atoms with Crippen molar-refractivity contribution >= 4 is 11.8 Å². The van der Waals surface area contributed by atoms with Gasteiger partial charge < -0.3 is 0 Å². The van der Waals surface area contributed by atoms with Crippen molar-refractivity contribution in [1.29, 1.82) is 0 Å². The molecule has 1 unspecified atom stereocenters. The number of thioether (sulfide) groups is 1. The lowest BCUT2D eigenvalue weighted by Gasteiger charge is -2.18. The van der Waals surface area contributed by atoms with Gasteiger partial charge in [0.1, 0.15) is 0 Å². The number of nitrogens with one attached hydrogen (secondary N) is 1. The van der Waals surface area contributed by atoms with E-state index in [4.69, 9.17) is 5.84 Å². The fourth-order valence-corrected chi connectivity index (χ4v) is 3.83. The van der Waals surface area contributed by atoms with Crippen molar-refractivity contribution in [3.05, 3.63) is 35.4 Å². The summed E-state index contributed by atoms with van der Waals surface area (Å²) in [6.07, 6.45) is 5.58. The Morgan fingerprint density at radius 3 is 2.82 bits per heavy atom. The van der Waals surface area contributed by atoms with Gasteiger partial charge in [-0.2, -0.15) is 11.8 Å². The molecule has 1 aliphatic carbocycles. The van der Waals surface area contributed by atoms with Crippen molar-refractivity contribution in [3.63, 3.8) is 0 Å². The normalized spacial score (nSPS) is 18.5. The molecule has 0 bridgehead atoms. The van der Waals surface area contributed by atoms with E-state index in [2.05, 4.69) is 48.4 Å². The van der Waals surface area contributed by atoms with Crippen molar-refractivity contribution in [1.82, 2.24) is 5.43 Å². The molecule has 17 heavy (non-hydrogen) atoms. The Hall–Kier alpha value is -0.510. The van der Waals surface area contributed by atoms with E-state index in [-0.39, 0.29) is 6.04 Å². The van der Waals surface area contributed by atoms with Gasteiger partial charge in [-0.1, -0.05) is 42.7 Å². The van der Waals surface area contributed by atoms with E-state index in [1.807, 2.05) is 0 Å². The maximum atomic E-state index is 5.68. The van der Waals surface area contributed by atoms with E-state index >= 15 is 0 Å². The van der Waals surface area contributed by atoms with E-state index in [9.17, 15) is 0 Å². The molecular formula is C14H22N2S. The third-order valence-electron chi connectivity index (χ3n) is 3.45. The molecule has 0 spiro atoms. The quantitative estimate of drug-likeness (QED) is 0.622. The molecule has 1 aromatic carbocycles. The topological polar surface area (TPSA) is 38.0 Å². The van der Waals surface area contributed by atoms with Crippen LogP contribution in [0.4, 0.5) is 0 Å². The standard InChI is InChI=1S/C14H22N2S/c1-11-5-4-6-12(9-11)14(16-15)10-17-13-7-2-3-8-13/h4-6,9,13-14,16H,2-3,7-8,10,15H2,1H3. The molecule has 1 saturated carbocycles. The molecular weight excluding hydrogens is 228 g/mol. The maximum Gasteiger partial charge on any atom is 0.0550 e. The van der Waals surface area contributed by atoms with Crippen LogP contribution in [0.5, 0.6) is 0 Å². The van der Waals surface area contributed by atoms with E-state index in [1.54, 1.807) is 0 Å². The molecule has 3 N–H and O–H groups in total. The molecule has 0 aromatic heterocycles. The van der Waals surface area contributed by atoms with Crippen LogP contribution >= 0.6 is 11.8 Å². The first-order chi connectivity index (χ1) is 8.29. The highest BCUT2D eigenvalue weighted by Gasteiger charge is 2.18. The predicted octanol–water partition coefficient (Wildman–Crippen LogP) is 3.18. The van der Waals surface area contributed by atoms with Crippen LogP contribution < -0.4 is 11.3 Å². The fraction of sp³-hybridized carbons (Fsp3) is 0.571. The summed E-state index contributed by atoms with van der Waals surface area (Å²) >= 11 is 2.07. The lowest BCUT2D eigenvalue weighted by molar-refractivity contribution is 0.609. The molecule has 2 nitrogen and oxygen atoms in total. The minimum Gasteiger partial charge on any atom is -0.271 e. The summed E-state index contributed by atoms with van der Waals surface area (Å²) in [5, 5.41) is 0.857. The number of nitrogens with two attached hydrogens (primary N) is 1. The van der Waals surface area contributed by atoms with Crippen LogP contribution in [0.15, 0.2) is 24.3 Å². The molecule has 0 saturated heterocycles. The SMILES string of the molecule is Cc1cccc(C(CSC2CCCC2)NN)c1. The molecule has 94 valence electrons. The summed E-state index contributed by atoms with van der Waals surface area (Å²) in [5.41, 5.74) is 5.55. The van der Waals surface area contributed by atoms with Gasteiger partial charge in [-0.05, 0) is 25.3 Å². The van der Waals surface area contributed by atoms with E-state index in [0.717, 1.165) is 11.0 Å². The van der Waals surface area contributed by atoms with Crippen LogP contribution in [0.3, 0.4) is 0 Å². The highest BCUT2D eigenvalue weighted by Crippen LogP contribution is 2.31.